The van der Waals surface area contributed by atoms with Crippen LogP contribution in [0.1, 0.15) is 26.3 Å². The lowest BCUT2D eigenvalue weighted by atomic mass is 9.97. The average Bonchev–Trinajstić information content (AvgIpc) is 3.13. The van der Waals surface area contributed by atoms with E-state index in [1.807, 2.05) is 36.4 Å². The third-order valence-electron chi connectivity index (χ3n) is 6.54. The summed E-state index contributed by atoms with van der Waals surface area (Å²) in [5, 5.41) is 1.16. The van der Waals surface area contributed by atoms with Crippen LogP contribution < -0.4 is 9.16 Å². The molecule has 0 saturated carbocycles. The third kappa shape index (κ3) is 3.95. The first kappa shape index (κ1) is 22.2. The fourth-order valence-corrected chi connectivity index (χ4v) is 4.77. The van der Waals surface area contributed by atoms with Crippen molar-refractivity contribution in [1.29, 1.82) is 0 Å². The van der Waals surface area contributed by atoms with E-state index in [1.54, 1.807) is 7.11 Å². The van der Waals surface area contributed by atoms with Crippen LogP contribution in [-0.4, -0.2) is 15.4 Å². The number of aryl methyl sites for hydroxylation is 1. The lowest BCUT2D eigenvalue weighted by Crippen LogP contribution is -2.43. The fourth-order valence-electron chi connectivity index (χ4n) is 3.76. The van der Waals surface area contributed by atoms with E-state index < -0.39 is 8.32 Å². The zero-order valence-electron chi connectivity index (χ0n) is 20.1. The lowest BCUT2D eigenvalue weighted by molar-refractivity contribution is 0.416. The molecule has 0 bridgehead atoms. The Labute approximate surface area is 192 Å². The topological polar surface area (TPSA) is 31.6 Å². The van der Waals surface area contributed by atoms with Gasteiger partial charge in [-0.25, -0.2) is 0 Å². The smallest absolute Gasteiger partial charge is 0.250 e. The second-order valence-corrected chi connectivity index (χ2v) is 14.6. The molecule has 1 heterocycles. The number of rotatable bonds is 5. The standard InChI is InChI=1S/C28H32O3Si/c1-19-17-21(31-32(6,7)28(2,3)4)18-23-25(22-15-11-12-16-24(22)29-5)27(30-26(19)23)20-13-9-8-10-14-20/h8-18H,1-7H3. The Morgan fingerprint density at radius 3 is 2.19 bits per heavy atom. The molecule has 0 amide bonds. The highest BCUT2D eigenvalue weighted by molar-refractivity contribution is 6.74. The lowest BCUT2D eigenvalue weighted by Gasteiger charge is -2.36. The molecule has 0 atom stereocenters. The molecule has 0 unspecified atom stereocenters. The van der Waals surface area contributed by atoms with E-state index in [2.05, 4.69) is 71.1 Å². The van der Waals surface area contributed by atoms with Crippen molar-refractivity contribution in [2.45, 2.75) is 45.8 Å². The summed E-state index contributed by atoms with van der Waals surface area (Å²) in [6, 6.07) is 22.6. The van der Waals surface area contributed by atoms with Gasteiger partial charge in [-0.1, -0.05) is 69.3 Å². The Morgan fingerprint density at radius 1 is 0.875 bits per heavy atom. The number of ether oxygens (including phenoxy) is 1. The van der Waals surface area contributed by atoms with Gasteiger partial charge in [-0.05, 0) is 48.8 Å². The van der Waals surface area contributed by atoms with Crippen LogP contribution in [0.3, 0.4) is 0 Å². The van der Waals surface area contributed by atoms with Crippen LogP contribution in [0.25, 0.3) is 33.4 Å². The van der Waals surface area contributed by atoms with Crippen molar-refractivity contribution in [2.75, 3.05) is 7.11 Å². The molecule has 32 heavy (non-hydrogen) atoms. The first-order valence-corrected chi connectivity index (χ1v) is 14.0. The monoisotopic (exact) mass is 444 g/mol. The number of para-hydroxylation sites is 1. The highest BCUT2D eigenvalue weighted by Gasteiger charge is 2.39. The molecule has 0 fully saturated rings. The Hall–Kier alpha value is -2.98. The van der Waals surface area contributed by atoms with Crippen molar-refractivity contribution in [3.05, 3.63) is 72.3 Å². The summed E-state index contributed by atoms with van der Waals surface area (Å²) in [6.07, 6.45) is 0. The van der Waals surface area contributed by atoms with Gasteiger partial charge in [0.15, 0.2) is 0 Å². The largest absolute Gasteiger partial charge is 0.543 e. The normalized spacial score (nSPS) is 12.2. The van der Waals surface area contributed by atoms with Crippen molar-refractivity contribution >= 4 is 19.3 Å². The van der Waals surface area contributed by atoms with Gasteiger partial charge in [-0.2, -0.15) is 0 Å². The molecule has 0 aliphatic heterocycles. The molecule has 4 heteroatoms. The molecule has 0 spiro atoms. The maximum absolute atomic E-state index is 6.68. The maximum Gasteiger partial charge on any atom is 0.250 e. The van der Waals surface area contributed by atoms with E-state index in [9.17, 15) is 0 Å². The Kier molecular flexibility index (Phi) is 5.68. The van der Waals surface area contributed by atoms with Crippen molar-refractivity contribution in [3.63, 3.8) is 0 Å². The van der Waals surface area contributed by atoms with Gasteiger partial charge in [0, 0.05) is 22.1 Å². The van der Waals surface area contributed by atoms with Crippen LogP contribution in [0.15, 0.2) is 71.1 Å². The molecule has 0 aliphatic carbocycles. The molecular formula is C28H32O3Si. The van der Waals surface area contributed by atoms with Gasteiger partial charge >= 0.3 is 0 Å². The summed E-state index contributed by atoms with van der Waals surface area (Å²) in [4.78, 5) is 0. The zero-order chi connectivity index (χ0) is 23.1. The Morgan fingerprint density at radius 2 is 1.53 bits per heavy atom. The van der Waals surface area contributed by atoms with E-state index in [0.29, 0.717) is 0 Å². The predicted molar refractivity (Wildman–Crippen MR) is 136 cm³/mol. The second kappa shape index (κ2) is 8.17. The van der Waals surface area contributed by atoms with Crippen LogP contribution >= 0.6 is 0 Å². The second-order valence-electron chi connectivity index (χ2n) is 9.85. The van der Waals surface area contributed by atoms with Crippen molar-refractivity contribution < 1.29 is 13.6 Å². The number of fused-ring (bicyclic) bond motifs is 1. The molecule has 0 saturated heterocycles. The molecule has 3 aromatic carbocycles. The highest BCUT2D eigenvalue weighted by Crippen LogP contribution is 2.46. The number of methoxy groups -OCH3 is 1. The molecule has 0 N–H and O–H groups in total. The van der Waals surface area contributed by atoms with E-state index >= 15 is 0 Å². The van der Waals surface area contributed by atoms with E-state index in [0.717, 1.165) is 50.5 Å². The van der Waals surface area contributed by atoms with Crippen molar-refractivity contribution in [2.24, 2.45) is 0 Å². The van der Waals surface area contributed by atoms with Gasteiger partial charge in [0.2, 0.25) is 8.32 Å². The van der Waals surface area contributed by atoms with Crippen LogP contribution in [-0.2, 0) is 0 Å². The molecule has 1 aromatic heterocycles. The minimum Gasteiger partial charge on any atom is -0.543 e. The van der Waals surface area contributed by atoms with Crippen LogP contribution in [0.4, 0.5) is 0 Å². The van der Waals surface area contributed by atoms with Gasteiger partial charge in [-0.15, -0.1) is 0 Å². The van der Waals surface area contributed by atoms with Crippen molar-refractivity contribution in [3.8, 4) is 33.9 Å². The van der Waals surface area contributed by atoms with Gasteiger partial charge in [-0.3, -0.25) is 0 Å². The third-order valence-corrected chi connectivity index (χ3v) is 10.9. The first-order valence-electron chi connectivity index (χ1n) is 11.1. The number of benzene rings is 3. The van der Waals surface area contributed by atoms with Crippen LogP contribution in [0, 0.1) is 6.92 Å². The van der Waals surface area contributed by atoms with Crippen LogP contribution in [0.2, 0.25) is 18.1 Å². The summed E-state index contributed by atoms with van der Waals surface area (Å²) in [6.45, 7) is 13.4. The minimum absolute atomic E-state index is 0.118. The molecule has 0 aliphatic rings. The summed E-state index contributed by atoms with van der Waals surface area (Å²) in [5.41, 5.74) is 5.03. The maximum atomic E-state index is 6.68. The summed E-state index contributed by atoms with van der Waals surface area (Å²) >= 11 is 0. The molecule has 3 nitrogen and oxygen atoms in total. The van der Waals surface area contributed by atoms with E-state index in [-0.39, 0.29) is 5.04 Å². The van der Waals surface area contributed by atoms with Crippen LogP contribution in [0.5, 0.6) is 11.5 Å². The summed E-state index contributed by atoms with van der Waals surface area (Å²) < 4.78 is 18.9. The highest BCUT2D eigenvalue weighted by atomic mass is 28.4. The SMILES string of the molecule is COc1ccccc1-c1c(-c2ccccc2)oc2c(C)cc(O[Si](C)(C)C(C)(C)C)cc12. The molecule has 0 radical (unpaired) electrons. The van der Waals surface area contributed by atoms with Crippen molar-refractivity contribution in [1.82, 2.24) is 0 Å². The first-order chi connectivity index (χ1) is 15.1. The van der Waals surface area contributed by atoms with E-state index in [1.165, 1.54) is 0 Å². The van der Waals surface area contributed by atoms with Gasteiger partial charge in [0.05, 0.1) is 7.11 Å². The Balaban J connectivity index is 2.00. The van der Waals surface area contributed by atoms with Gasteiger partial charge in [0.25, 0.3) is 0 Å². The average molecular weight is 445 g/mol. The quantitative estimate of drug-likeness (QED) is 0.289. The van der Waals surface area contributed by atoms with Gasteiger partial charge < -0.3 is 13.6 Å². The molecular weight excluding hydrogens is 412 g/mol. The predicted octanol–water partition coefficient (Wildman–Crippen LogP) is 8.47. The number of hydrogen-bond donors (Lipinski definition) is 0. The van der Waals surface area contributed by atoms with Gasteiger partial charge in [0.1, 0.15) is 22.8 Å². The molecule has 166 valence electrons. The molecule has 4 aromatic rings. The number of hydrogen-bond acceptors (Lipinski definition) is 3. The summed E-state index contributed by atoms with van der Waals surface area (Å²) in [7, 11) is -0.274. The Bertz CT molecular complexity index is 1250. The van der Waals surface area contributed by atoms with E-state index in [4.69, 9.17) is 13.6 Å². The zero-order valence-corrected chi connectivity index (χ0v) is 21.1. The fraction of sp³-hybridized carbons (Fsp3) is 0.286. The number of furan rings is 1. The summed E-state index contributed by atoms with van der Waals surface area (Å²) in [5.74, 6) is 2.57. The molecule has 4 rings (SSSR count). The minimum atomic E-state index is -1.98.